The third-order valence-electron chi connectivity index (χ3n) is 21.1. The van der Waals surface area contributed by atoms with E-state index in [-0.39, 0.29) is 12.3 Å². The van der Waals surface area contributed by atoms with Crippen LogP contribution in [0.25, 0.3) is 0 Å². The molecule has 34 heteroatoms. The molecule has 5 aliphatic rings. The molecule has 34 nitrogen and oxygen atoms in total. The summed E-state index contributed by atoms with van der Waals surface area (Å²) in [6, 6.07) is -4.81. The van der Waals surface area contributed by atoms with Gasteiger partial charge in [0, 0.05) is 26.7 Å². The van der Waals surface area contributed by atoms with E-state index in [4.69, 9.17) is 47.4 Å². The highest BCUT2D eigenvalue weighted by Crippen LogP contribution is 2.41. The fourth-order valence-electron chi connectivity index (χ4n) is 14.7. The second-order valence-corrected chi connectivity index (χ2v) is 30.0. The van der Waals surface area contributed by atoms with Crippen molar-refractivity contribution in [1.29, 1.82) is 0 Å². The molecule has 2 unspecified atom stereocenters. The third kappa shape index (κ3) is 30.3. The molecule has 28 atom stereocenters. The maximum Gasteiger partial charge on any atom is 0.364 e. The Labute approximate surface area is 640 Å². The van der Waals surface area contributed by atoms with Crippen molar-refractivity contribution in [2.75, 3.05) is 39.6 Å². The highest BCUT2D eigenvalue weighted by Gasteiger charge is 2.62. The standard InChI is InChI=1S/C75H135N3O31/c1-5-7-9-11-13-15-17-19-20-21-22-24-26-28-30-32-34-36-54(89)78-46(47(86)35-33-31-29-27-25-23-18-16-14-12-10-8-6-2)43-100-71-63(96)61(94)65(52(41-82)103-71)105-73-64(97)69(109-75(74(98)99)37-48(87)55(76-44(3)84)68(108-75)57(90)49(88)38-79)66(53(42-83)104-73)106-70-56(77-45(4)85)67(59(92)51(40-81)101-70)107-72-62(95)60(93)58(91)50(39-80)102-72/h33,35,46-53,55-73,79-83,86-88,90-97H,5-32,34,36-43H2,1-4H3,(H,76,84)(H,77,85)(H,78,89)(H,98,99)/b35-33+/t46-,47+,48-,49-,50+,51+,52+,53+,55+,56+,57-,58-,59-,60-,61+,62+,63?,64+,65+,66-,67+,68?,69+,70-,71+,72-,73-,75-/m0/s1. The number of unbranched alkanes of at least 4 members (excludes halogenated alkanes) is 27. The molecule has 109 heavy (non-hydrogen) atoms. The van der Waals surface area contributed by atoms with Gasteiger partial charge >= 0.3 is 5.97 Å². The molecule has 0 spiro atoms. The lowest BCUT2D eigenvalue weighted by Gasteiger charge is -2.52. The van der Waals surface area contributed by atoms with Crippen LogP contribution in [-0.4, -0.2) is 321 Å². The van der Waals surface area contributed by atoms with Crippen LogP contribution in [0.15, 0.2) is 12.2 Å². The maximum absolute atomic E-state index is 13.8. The Hall–Kier alpha value is -3.42. The summed E-state index contributed by atoms with van der Waals surface area (Å²) in [4.78, 5) is 53.0. The lowest BCUT2D eigenvalue weighted by molar-refractivity contribution is -0.403. The van der Waals surface area contributed by atoms with Gasteiger partial charge in [0.2, 0.25) is 17.7 Å². The first-order chi connectivity index (χ1) is 52.3. The second kappa shape index (κ2) is 51.5. The fourth-order valence-corrected chi connectivity index (χ4v) is 14.7. The van der Waals surface area contributed by atoms with Crippen LogP contribution in [0.5, 0.6) is 0 Å². The molecule has 636 valence electrons. The molecule has 5 rings (SSSR count). The van der Waals surface area contributed by atoms with E-state index >= 15 is 0 Å². The van der Waals surface area contributed by atoms with Gasteiger partial charge in [0.05, 0.1) is 63.9 Å². The molecule has 0 aromatic heterocycles. The number of hydrogen-bond acceptors (Lipinski definition) is 30. The first-order valence-electron chi connectivity index (χ1n) is 40.1. The van der Waals surface area contributed by atoms with Crippen molar-refractivity contribution >= 4 is 23.7 Å². The van der Waals surface area contributed by atoms with E-state index in [1.807, 2.05) is 6.08 Å². The van der Waals surface area contributed by atoms with E-state index in [2.05, 4.69) is 29.8 Å². The van der Waals surface area contributed by atoms with Crippen molar-refractivity contribution in [2.45, 2.75) is 398 Å². The summed E-state index contributed by atoms with van der Waals surface area (Å²) in [6.07, 6.45) is -14.0. The Kier molecular flexibility index (Phi) is 45.5. The summed E-state index contributed by atoms with van der Waals surface area (Å²) in [5.74, 6) is -7.71. The van der Waals surface area contributed by atoms with E-state index < -0.39 is 235 Å². The molecular formula is C75H135N3O31. The van der Waals surface area contributed by atoms with Gasteiger partial charge in [-0.25, -0.2) is 4.79 Å². The number of nitrogens with one attached hydrogen (secondary N) is 3. The third-order valence-corrected chi connectivity index (χ3v) is 21.1. The number of allylic oxidation sites excluding steroid dienone is 1. The number of ether oxygens (including phenoxy) is 10. The number of hydrogen-bond donors (Lipinski definition) is 20. The Morgan fingerprint density at radius 2 is 0.908 bits per heavy atom. The molecule has 5 fully saturated rings. The minimum absolute atomic E-state index is 0.135. The van der Waals surface area contributed by atoms with Crippen LogP contribution in [-0.2, 0) is 66.5 Å². The predicted molar refractivity (Wildman–Crippen MR) is 388 cm³/mol. The summed E-state index contributed by atoms with van der Waals surface area (Å²) in [5.41, 5.74) is 0. The number of carboxylic acid groups (broad SMARTS) is 1. The normalized spacial score (nSPS) is 34.2. The van der Waals surface area contributed by atoms with Gasteiger partial charge in [-0.15, -0.1) is 0 Å². The van der Waals surface area contributed by atoms with Crippen molar-refractivity contribution in [2.24, 2.45) is 0 Å². The van der Waals surface area contributed by atoms with Crippen molar-refractivity contribution in [1.82, 2.24) is 16.0 Å². The van der Waals surface area contributed by atoms with Crippen molar-refractivity contribution in [3.05, 3.63) is 12.2 Å². The molecule has 5 aliphatic heterocycles. The topological polar surface area (TPSA) is 541 Å². The Bertz CT molecular complexity index is 2540. The van der Waals surface area contributed by atoms with Gasteiger partial charge in [-0.1, -0.05) is 193 Å². The van der Waals surface area contributed by atoms with Crippen LogP contribution in [0, 0.1) is 0 Å². The lowest BCUT2D eigenvalue weighted by atomic mass is 9.88. The largest absolute Gasteiger partial charge is 0.477 e. The van der Waals surface area contributed by atoms with E-state index in [1.165, 1.54) is 116 Å². The molecule has 0 aromatic rings. The highest BCUT2D eigenvalue weighted by atomic mass is 16.8. The fraction of sp³-hybridized carbons (Fsp3) is 0.920. The Morgan fingerprint density at radius 3 is 1.41 bits per heavy atom. The molecular weight excluding hydrogens is 1440 g/mol. The zero-order valence-electron chi connectivity index (χ0n) is 64.2. The van der Waals surface area contributed by atoms with Gasteiger partial charge in [-0.2, -0.15) is 0 Å². The van der Waals surface area contributed by atoms with Gasteiger partial charge in [0.15, 0.2) is 25.2 Å². The van der Waals surface area contributed by atoms with Crippen LogP contribution in [0.2, 0.25) is 0 Å². The van der Waals surface area contributed by atoms with Crippen molar-refractivity contribution in [3.63, 3.8) is 0 Å². The summed E-state index contributed by atoms with van der Waals surface area (Å²) in [5, 5.41) is 197. The smallest absolute Gasteiger partial charge is 0.364 e. The molecule has 5 saturated heterocycles. The minimum atomic E-state index is -3.38. The van der Waals surface area contributed by atoms with Gasteiger partial charge < -0.3 is 150 Å². The van der Waals surface area contributed by atoms with Crippen LogP contribution in [0.4, 0.5) is 0 Å². The molecule has 0 radical (unpaired) electrons. The average Bonchev–Trinajstić information content (AvgIpc) is 0.750. The number of carboxylic acids is 1. The molecule has 0 aromatic carbocycles. The number of aliphatic carboxylic acids is 1. The van der Waals surface area contributed by atoms with Crippen LogP contribution in [0.1, 0.15) is 227 Å². The van der Waals surface area contributed by atoms with Gasteiger partial charge in [0.1, 0.15) is 116 Å². The molecule has 0 saturated carbocycles. The van der Waals surface area contributed by atoms with E-state index in [0.29, 0.717) is 12.8 Å². The summed E-state index contributed by atoms with van der Waals surface area (Å²) < 4.78 is 60.1. The maximum atomic E-state index is 13.8. The molecule has 3 amide bonds. The van der Waals surface area contributed by atoms with Crippen LogP contribution in [0.3, 0.4) is 0 Å². The number of carbonyl (C=O) groups excluding carboxylic acids is 3. The highest BCUT2D eigenvalue weighted by molar-refractivity contribution is 5.77. The number of amides is 3. The minimum Gasteiger partial charge on any atom is -0.477 e. The molecule has 5 heterocycles. The van der Waals surface area contributed by atoms with E-state index in [0.717, 1.165) is 71.6 Å². The quantitative estimate of drug-likeness (QED) is 0.0275. The Balaban J connectivity index is 1.38. The zero-order valence-corrected chi connectivity index (χ0v) is 64.2. The second-order valence-electron chi connectivity index (χ2n) is 30.0. The van der Waals surface area contributed by atoms with Crippen LogP contribution < -0.4 is 16.0 Å². The Morgan fingerprint density at radius 1 is 0.477 bits per heavy atom. The number of rotatable bonds is 54. The predicted octanol–water partition coefficient (Wildman–Crippen LogP) is -0.262. The summed E-state index contributed by atoms with van der Waals surface area (Å²) >= 11 is 0. The van der Waals surface area contributed by atoms with Gasteiger partial charge in [-0.3, -0.25) is 14.4 Å². The molecule has 0 aliphatic carbocycles. The zero-order chi connectivity index (χ0) is 80.2. The molecule has 0 bridgehead atoms. The average molecular weight is 1570 g/mol. The van der Waals surface area contributed by atoms with Gasteiger partial charge in [0.25, 0.3) is 5.79 Å². The SMILES string of the molecule is CCCCCCCCCCCCC/C=C/[C@@H](O)[C@H](CO[C@@H]1O[C@H](CO)[C@@H](O[C@@H]2O[C@H](CO)[C@H](O[C@@H]3O[C@H](CO)[C@H](O)[C@H](O[C@@H]4O[C@H](CO)[C@H](O)[C@H](O)[C@H]4O)[C@H]3NC(C)=O)[C@H](O[C@]3(C(=O)O)C[C@H](O)[C@@H](NC(C)=O)C([C@@H](O)[C@@H](O)CO)O3)[C@H]2O)[C@H](O)C1O)NC(=O)CCCCCCCCCCCCCCCCCCC. The van der Waals surface area contributed by atoms with Crippen LogP contribution >= 0.6 is 0 Å². The molecule has 20 N–H and O–H groups in total. The van der Waals surface area contributed by atoms with E-state index in [1.54, 1.807) is 6.08 Å². The van der Waals surface area contributed by atoms with Crippen molar-refractivity contribution in [3.8, 4) is 0 Å². The van der Waals surface area contributed by atoms with E-state index in [9.17, 15) is 106 Å². The number of carbonyl (C=O) groups is 4. The first-order valence-corrected chi connectivity index (χ1v) is 40.1. The van der Waals surface area contributed by atoms with Gasteiger partial charge in [-0.05, 0) is 19.3 Å². The first kappa shape index (κ1) is 96.2. The lowest BCUT2D eigenvalue weighted by Crippen LogP contribution is -2.72. The summed E-state index contributed by atoms with van der Waals surface area (Å²) in [7, 11) is 0. The number of aliphatic hydroxyl groups excluding tert-OH is 16. The monoisotopic (exact) mass is 1570 g/mol. The number of aliphatic hydroxyl groups is 16. The summed E-state index contributed by atoms with van der Waals surface area (Å²) in [6.45, 7) is 0.333. The van der Waals surface area contributed by atoms with Crippen molar-refractivity contribution < 1.29 is 153 Å².